The van der Waals surface area contributed by atoms with Crippen LogP contribution in [-0.4, -0.2) is 58.1 Å². The number of aromatic nitrogens is 3. The Balaban J connectivity index is 1.62. The van der Waals surface area contributed by atoms with E-state index in [-0.39, 0.29) is 23.5 Å². The highest BCUT2D eigenvalue weighted by Gasteiger charge is 2.34. The van der Waals surface area contributed by atoms with E-state index in [1.165, 1.54) is 11.8 Å². The van der Waals surface area contributed by atoms with Crippen LogP contribution in [0.2, 0.25) is 0 Å². The Hall–Kier alpha value is -1.94. The SMILES string of the molecule is Cc1nn([C@H]2CCS(=O)(=O)C2)c2nc(C3CC3)cc(C(=O)NC3=NCCS3)c12. The van der Waals surface area contributed by atoms with E-state index in [9.17, 15) is 13.2 Å². The summed E-state index contributed by atoms with van der Waals surface area (Å²) < 4.78 is 25.7. The summed E-state index contributed by atoms with van der Waals surface area (Å²) in [5.74, 6) is 1.29. The Kier molecular flexibility index (Phi) is 4.24. The number of hydrogen-bond acceptors (Lipinski definition) is 7. The van der Waals surface area contributed by atoms with Crippen molar-refractivity contribution >= 4 is 43.7 Å². The molecule has 2 aliphatic heterocycles. The fraction of sp³-hybridized carbons (Fsp3) is 0.556. The van der Waals surface area contributed by atoms with E-state index in [4.69, 9.17) is 4.98 Å². The summed E-state index contributed by atoms with van der Waals surface area (Å²) >= 11 is 1.54. The second-order valence-corrected chi connectivity index (χ2v) is 11.0. The van der Waals surface area contributed by atoms with Crippen LogP contribution in [0.15, 0.2) is 11.1 Å². The summed E-state index contributed by atoms with van der Waals surface area (Å²) in [5, 5.41) is 8.87. The van der Waals surface area contributed by atoms with Crippen LogP contribution in [0.5, 0.6) is 0 Å². The van der Waals surface area contributed by atoms with Gasteiger partial charge >= 0.3 is 0 Å². The third kappa shape index (κ3) is 3.22. The molecule has 1 saturated heterocycles. The van der Waals surface area contributed by atoms with Gasteiger partial charge in [-0.05, 0) is 32.3 Å². The molecule has 2 fully saturated rings. The van der Waals surface area contributed by atoms with E-state index >= 15 is 0 Å². The lowest BCUT2D eigenvalue weighted by atomic mass is 10.1. The lowest BCUT2D eigenvalue weighted by Crippen LogP contribution is -2.27. The molecule has 1 aliphatic carbocycles. The van der Waals surface area contributed by atoms with Crippen molar-refractivity contribution in [3.8, 4) is 0 Å². The van der Waals surface area contributed by atoms with Gasteiger partial charge in [-0.15, -0.1) is 0 Å². The van der Waals surface area contributed by atoms with Crippen LogP contribution in [0, 0.1) is 6.92 Å². The Morgan fingerprint density at radius 3 is 2.79 bits per heavy atom. The number of aryl methyl sites for hydroxylation is 1. The Bertz CT molecular complexity index is 1120. The molecule has 1 atom stereocenters. The maximum atomic E-state index is 13.0. The van der Waals surface area contributed by atoms with Crippen molar-refractivity contribution in [3.63, 3.8) is 0 Å². The second-order valence-electron chi connectivity index (χ2n) is 7.64. The van der Waals surface area contributed by atoms with Crippen molar-refractivity contribution in [1.29, 1.82) is 0 Å². The molecule has 1 saturated carbocycles. The van der Waals surface area contributed by atoms with Gasteiger partial charge < -0.3 is 5.32 Å². The Morgan fingerprint density at radius 1 is 1.32 bits per heavy atom. The number of nitrogens with zero attached hydrogens (tertiary/aromatic N) is 4. The second kappa shape index (κ2) is 6.55. The number of pyridine rings is 1. The first-order valence-electron chi connectivity index (χ1n) is 9.50. The van der Waals surface area contributed by atoms with Gasteiger partial charge in [-0.3, -0.25) is 9.79 Å². The smallest absolute Gasteiger partial charge is 0.258 e. The molecule has 0 unspecified atom stereocenters. The van der Waals surface area contributed by atoms with Crippen LogP contribution in [0.25, 0.3) is 11.0 Å². The van der Waals surface area contributed by atoms with Gasteiger partial charge in [-0.2, -0.15) is 5.10 Å². The summed E-state index contributed by atoms with van der Waals surface area (Å²) in [6, 6.07) is 1.65. The highest BCUT2D eigenvalue weighted by Crippen LogP contribution is 2.41. The van der Waals surface area contributed by atoms with Crippen molar-refractivity contribution in [1.82, 2.24) is 20.1 Å². The average molecular weight is 420 g/mol. The number of fused-ring (bicyclic) bond motifs is 1. The van der Waals surface area contributed by atoms with Gasteiger partial charge in [0.05, 0.1) is 40.7 Å². The molecule has 0 radical (unpaired) electrons. The van der Waals surface area contributed by atoms with E-state index in [2.05, 4.69) is 15.4 Å². The molecule has 3 aliphatic rings. The zero-order chi connectivity index (χ0) is 19.5. The monoisotopic (exact) mass is 419 g/mol. The lowest BCUT2D eigenvalue weighted by molar-refractivity contribution is 0.0979. The number of rotatable bonds is 3. The first-order chi connectivity index (χ1) is 13.4. The van der Waals surface area contributed by atoms with Gasteiger partial charge in [0.2, 0.25) is 0 Å². The predicted octanol–water partition coefficient (Wildman–Crippen LogP) is 1.81. The number of carbonyl (C=O) groups is 1. The molecule has 4 heterocycles. The van der Waals surface area contributed by atoms with Crippen LogP contribution in [-0.2, 0) is 9.84 Å². The molecule has 2 aromatic heterocycles. The number of hydrogen-bond donors (Lipinski definition) is 1. The zero-order valence-corrected chi connectivity index (χ0v) is 17.1. The van der Waals surface area contributed by atoms with Crippen molar-refractivity contribution in [2.75, 3.05) is 23.8 Å². The average Bonchev–Trinajstić information content (AvgIpc) is 3.12. The van der Waals surface area contributed by atoms with E-state index in [1.807, 2.05) is 13.0 Å². The summed E-state index contributed by atoms with van der Waals surface area (Å²) in [5.41, 5.74) is 2.75. The van der Waals surface area contributed by atoms with Crippen LogP contribution >= 0.6 is 11.8 Å². The molecule has 1 amide bonds. The summed E-state index contributed by atoms with van der Waals surface area (Å²) in [6.07, 6.45) is 2.66. The van der Waals surface area contributed by atoms with E-state index in [0.29, 0.717) is 46.3 Å². The maximum absolute atomic E-state index is 13.0. The van der Waals surface area contributed by atoms with Gasteiger partial charge in [0.1, 0.15) is 0 Å². The minimum absolute atomic E-state index is 0.0769. The largest absolute Gasteiger partial charge is 0.301 e. The number of amidine groups is 1. The molecule has 2 aromatic rings. The van der Waals surface area contributed by atoms with Crippen molar-refractivity contribution in [3.05, 3.63) is 23.0 Å². The number of amides is 1. The number of nitrogens with one attached hydrogen (secondary N) is 1. The molecule has 148 valence electrons. The minimum Gasteiger partial charge on any atom is -0.301 e. The molecule has 5 rings (SSSR count). The third-order valence-electron chi connectivity index (χ3n) is 5.46. The fourth-order valence-electron chi connectivity index (χ4n) is 3.90. The zero-order valence-electron chi connectivity index (χ0n) is 15.5. The van der Waals surface area contributed by atoms with Crippen LogP contribution in [0.3, 0.4) is 0 Å². The molecule has 0 spiro atoms. The van der Waals surface area contributed by atoms with Crippen molar-refractivity contribution in [2.24, 2.45) is 4.99 Å². The molecule has 0 aromatic carbocycles. The molecular formula is C18H21N5O3S2. The number of carbonyl (C=O) groups excluding carboxylic acids is 1. The maximum Gasteiger partial charge on any atom is 0.258 e. The van der Waals surface area contributed by atoms with Crippen LogP contribution < -0.4 is 5.32 Å². The summed E-state index contributed by atoms with van der Waals surface area (Å²) in [6.45, 7) is 2.56. The first kappa shape index (κ1) is 18.1. The lowest BCUT2D eigenvalue weighted by Gasteiger charge is -2.12. The van der Waals surface area contributed by atoms with Gasteiger partial charge in [-0.1, -0.05) is 11.8 Å². The Labute approximate surface area is 167 Å². The van der Waals surface area contributed by atoms with Crippen molar-refractivity contribution < 1.29 is 13.2 Å². The highest BCUT2D eigenvalue weighted by molar-refractivity contribution is 8.14. The molecule has 28 heavy (non-hydrogen) atoms. The summed E-state index contributed by atoms with van der Waals surface area (Å²) in [4.78, 5) is 22.1. The van der Waals surface area contributed by atoms with Crippen LogP contribution in [0.4, 0.5) is 0 Å². The Morgan fingerprint density at radius 2 is 2.14 bits per heavy atom. The number of sulfone groups is 1. The van der Waals surface area contributed by atoms with E-state index in [1.54, 1.807) is 4.68 Å². The molecular weight excluding hydrogens is 398 g/mol. The minimum atomic E-state index is -3.05. The molecule has 10 heteroatoms. The van der Waals surface area contributed by atoms with Crippen LogP contribution in [0.1, 0.15) is 53.0 Å². The van der Waals surface area contributed by atoms with Gasteiger partial charge in [0, 0.05) is 17.4 Å². The standard InChI is InChI=1S/C18H21N5O3S2/c1-10-15-13(17(24)21-18-19-5-6-27-18)8-14(11-2-3-11)20-16(15)23(22-10)12-4-7-28(25,26)9-12/h8,11-12H,2-7,9H2,1H3,(H,19,21,24)/t12-/m0/s1. The first-order valence-corrected chi connectivity index (χ1v) is 12.3. The van der Waals surface area contributed by atoms with Crippen molar-refractivity contribution in [2.45, 2.75) is 38.1 Å². The van der Waals surface area contributed by atoms with Gasteiger partial charge in [0.25, 0.3) is 5.91 Å². The van der Waals surface area contributed by atoms with E-state index in [0.717, 1.165) is 24.3 Å². The normalized spacial score (nSPS) is 23.9. The highest BCUT2D eigenvalue weighted by atomic mass is 32.2. The molecule has 1 N–H and O–H groups in total. The van der Waals surface area contributed by atoms with Gasteiger partial charge in [0.15, 0.2) is 20.7 Å². The fourth-order valence-corrected chi connectivity index (χ4v) is 6.31. The molecule has 0 bridgehead atoms. The quantitative estimate of drug-likeness (QED) is 0.813. The topological polar surface area (TPSA) is 106 Å². The third-order valence-corrected chi connectivity index (χ3v) is 8.10. The predicted molar refractivity (Wildman–Crippen MR) is 109 cm³/mol. The van der Waals surface area contributed by atoms with E-state index < -0.39 is 9.84 Å². The number of aliphatic imine (C=N–C) groups is 1. The summed E-state index contributed by atoms with van der Waals surface area (Å²) in [7, 11) is -3.05. The molecule has 8 nitrogen and oxygen atoms in total. The van der Waals surface area contributed by atoms with Gasteiger partial charge in [-0.25, -0.2) is 18.1 Å². The number of thioether (sulfide) groups is 1.